The molecule has 2 N–H and O–H groups in total. The molecule has 0 aliphatic heterocycles. The van der Waals surface area contributed by atoms with Crippen LogP contribution in [-0.4, -0.2) is 33.7 Å². The largest absolute Gasteiger partial charge is 0.485 e. The number of carbonyl (C=O) groups is 2. The Labute approximate surface area is 221 Å². The lowest BCUT2D eigenvalue weighted by atomic mass is 9.71. The number of rotatable bonds is 10. The van der Waals surface area contributed by atoms with Gasteiger partial charge in [-0.3, -0.25) is 14.9 Å². The van der Waals surface area contributed by atoms with Crippen LogP contribution in [0, 0.1) is 16.0 Å². The second kappa shape index (κ2) is 12.0. The Hall–Kier alpha value is -3.08. The third kappa shape index (κ3) is 7.03. The maximum absolute atomic E-state index is 12.7. The molecule has 9 nitrogen and oxygen atoms in total. The van der Waals surface area contributed by atoms with Crippen molar-refractivity contribution in [3.8, 4) is 5.75 Å². The zero-order valence-corrected chi connectivity index (χ0v) is 22.3. The third-order valence-corrected chi connectivity index (χ3v) is 8.08. The van der Waals surface area contributed by atoms with Gasteiger partial charge in [-0.2, -0.15) is 0 Å². The number of aldehydes is 1. The Morgan fingerprint density at radius 3 is 2.78 bits per heavy atom. The second-order valence-corrected chi connectivity index (χ2v) is 11.7. The summed E-state index contributed by atoms with van der Waals surface area (Å²) in [6, 6.07) is 8.90. The summed E-state index contributed by atoms with van der Waals surface area (Å²) in [6.45, 7) is 3.59. The van der Waals surface area contributed by atoms with Crippen LogP contribution >= 0.6 is 11.6 Å². The molecule has 0 heterocycles. The topological polar surface area (TPSA) is 142 Å². The van der Waals surface area contributed by atoms with Crippen molar-refractivity contribution in [3.63, 3.8) is 0 Å². The number of hydrogen-bond donors (Lipinski definition) is 1. The summed E-state index contributed by atoms with van der Waals surface area (Å²) >= 11 is 6.11. The predicted molar refractivity (Wildman–Crippen MR) is 143 cm³/mol. The maximum atomic E-state index is 12.7. The number of hydrogen-bond acceptors (Lipinski definition) is 6. The van der Waals surface area contributed by atoms with Crippen LogP contribution in [0.3, 0.4) is 0 Å². The van der Waals surface area contributed by atoms with E-state index in [-0.39, 0.29) is 29.6 Å². The number of allylic oxidation sites excluding steroid dienone is 2. The fourth-order valence-corrected chi connectivity index (χ4v) is 6.09. The van der Waals surface area contributed by atoms with Crippen molar-refractivity contribution in [3.05, 3.63) is 80.4 Å². The molecule has 0 saturated carbocycles. The van der Waals surface area contributed by atoms with E-state index in [9.17, 15) is 23.9 Å². The number of fused-ring (bicyclic) bond motifs is 1. The minimum atomic E-state index is -3.33. The van der Waals surface area contributed by atoms with Gasteiger partial charge in [0.15, 0.2) is 5.75 Å². The Bertz CT molecular complexity index is 1350. The number of carbonyl (C=O) groups excluding carboxylic acids is 2. The van der Waals surface area contributed by atoms with Gasteiger partial charge in [0, 0.05) is 22.4 Å². The maximum Gasteiger partial charge on any atom is 0.311 e. The number of halogens is 1. The van der Waals surface area contributed by atoms with Crippen LogP contribution in [-0.2, 0) is 26.5 Å². The molecule has 2 aromatic rings. The Balaban J connectivity index is 1.85. The highest BCUT2D eigenvalue weighted by Crippen LogP contribution is 2.39. The van der Waals surface area contributed by atoms with E-state index in [1.165, 1.54) is 12.1 Å². The lowest BCUT2D eigenvalue weighted by molar-refractivity contribution is -0.385. The van der Waals surface area contributed by atoms with Gasteiger partial charge >= 0.3 is 5.69 Å². The molecule has 0 radical (unpaired) electrons. The molecule has 37 heavy (non-hydrogen) atoms. The van der Waals surface area contributed by atoms with Crippen molar-refractivity contribution in [2.24, 2.45) is 15.4 Å². The zero-order valence-electron chi connectivity index (χ0n) is 20.7. The monoisotopic (exact) mass is 547 g/mol. The van der Waals surface area contributed by atoms with Gasteiger partial charge in [-0.1, -0.05) is 36.7 Å². The average molecular weight is 548 g/mol. The molecule has 0 fully saturated rings. The first kappa shape index (κ1) is 28.5. The van der Waals surface area contributed by atoms with Crippen LogP contribution in [0.4, 0.5) is 5.69 Å². The van der Waals surface area contributed by atoms with Gasteiger partial charge in [-0.05, 0) is 73.9 Å². The summed E-state index contributed by atoms with van der Waals surface area (Å²) < 4.78 is 22.1. The van der Waals surface area contributed by atoms with E-state index in [0.29, 0.717) is 17.9 Å². The number of aryl methyl sites for hydroxylation is 1. The van der Waals surface area contributed by atoms with E-state index in [0.717, 1.165) is 36.3 Å². The molecule has 1 amide bonds. The van der Waals surface area contributed by atoms with Gasteiger partial charge in [-0.15, -0.1) is 4.36 Å². The molecule has 2 aromatic carbocycles. The van der Waals surface area contributed by atoms with E-state index >= 15 is 0 Å². The van der Waals surface area contributed by atoms with E-state index in [2.05, 4.69) is 4.36 Å². The number of amides is 1. The highest BCUT2D eigenvalue weighted by Gasteiger charge is 2.38. The molecule has 3 atom stereocenters. The van der Waals surface area contributed by atoms with Gasteiger partial charge in [0.1, 0.15) is 22.8 Å². The van der Waals surface area contributed by atoms with Crippen LogP contribution in [0.1, 0.15) is 54.6 Å². The molecule has 1 aliphatic carbocycles. The third-order valence-electron chi connectivity index (χ3n) is 6.32. The van der Waals surface area contributed by atoms with Crippen molar-refractivity contribution in [1.29, 1.82) is 0 Å². The molecule has 198 valence electrons. The molecule has 1 aliphatic rings. The minimum Gasteiger partial charge on any atom is -0.485 e. The lowest BCUT2D eigenvalue weighted by Gasteiger charge is -2.34. The van der Waals surface area contributed by atoms with E-state index in [1.54, 1.807) is 12.1 Å². The van der Waals surface area contributed by atoms with Crippen molar-refractivity contribution >= 4 is 39.4 Å². The number of ether oxygens (including phenoxy) is 1. The van der Waals surface area contributed by atoms with Crippen LogP contribution in [0.5, 0.6) is 5.75 Å². The van der Waals surface area contributed by atoms with E-state index < -0.39 is 31.8 Å². The molecule has 0 saturated heterocycles. The fourth-order valence-electron chi connectivity index (χ4n) is 4.49. The predicted octanol–water partition coefficient (Wildman–Crippen LogP) is 5.18. The van der Waals surface area contributed by atoms with E-state index in [1.807, 2.05) is 32.1 Å². The van der Waals surface area contributed by atoms with Crippen molar-refractivity contribution in [2.45, 2.75) is 44.9 Å². The van der Waals surface area contributed by atoms with Crippen LogP contribution in [0.2, 0.25) is 5.02 Å². The van der Waals surface area contributed by atoms with Crippen LogP contribution in [0.25, 0.3) is 0 Å². The summed E-state index contributed by atoms with van der Waals surface area (Å²) in [5.41, 5.74) is 0.134. The fraction of sp³-hybridized carbons (Fsp3) is 0.385. The first-order valence-corrected chi connectivity index (χ1v) is 14.0. The Morgan fingerprint density at radius 1 is 1.35 bits per heavy atom. The first-order chi connectivity index (χ1) is 17.5. The summed E-state index contributed by atoms with van der Waals surface area (Å²) in [5, 5.41) is 18.1. The lowest BCUT2D eigenvalue weighted by Crippen LogP contribution is -2.38. The molecule has 0 aromatic heterocycles. The van der Waals surface area contributed by atoms with Crippen molar-refractivity contribution in [1.82, 2.24) is 0 Å². The summed E-state index contributed by atoms with van der Waals surface area (Å²) in [7, 11) is -3.33. The van der Waals surface area contributed by atoms with Gasteiger partial charge in [0.05, 0.1) is 10.3 Å². The van der Waals surface area contributed by atoms with Gasteiger partial charge in [0.2, 0.25) is 0 Å². The van der Waals surface area contributed by atoms with Crippen molar-refractivity contribution < 1.29 is 23.5 Å². The zero-order chi connectivity index (χ0) is 27.2. The quantitative estimate of drug-likeness (QED) is 0.188. The standard InChI is InChI=1S/C26H30ClN3O6S/c1-3-4-6-18(2)15-37(28,35)29-25(32)20-8-11-24(23(14-20)30(33)34)36-17-26(16-31)12-5-7-19-13-21(27)9-10-22(19)26/h3-4,8-11,13-14,16,18H,5-7,12,15,17H2,1-2H3,(H2,28,29,32,35)/b4-3-/t18?,26-,37?/m0/s1. The number of nitrogens with zero attached hydrogens (tertiary/aromatic N) is 2. The van der Waals surface area contributed by atoms with Crippen LogP contribution in [0.15, 0.2) is 52.9 Å². The summed E-state index contributed by atoms with van der Waals surface area (Å²) in [5.74, 6) is -1.08. The molecular formula is C26H30ClN3O6S. The Kier molecular flexibility index (Phi) is 9.22. The minimum absolute atomic E-state index is 0.00678. The smallest absolute Gasteiger partial charge is 0.311 e. The van der Waals surface area contributed by atoms with Gasteiger partial charge in [-0.25, -0.2) is 9.35 Å². The van der Waals surface area contributed by atoms with E-state index in [4.69, 9.17) is 21.5 Å². The normalized spacial score (nSPS) is 19.5. The highest BCUT2D eigenvalue weighted by atomic mass is 35.5. The molecule has 0 spiro atoms. The molecule has 0 bridgehead atoms. The summed E-state index contributed by atoms with van der Waals surface area (Å²) in [4.78, 5) is 36.0. The van der Waals surface area contributed by atoms with Gasteiger partial charge in [0.25, 0.3) is 5.91 Å². The number of benzene rings is 2. The molecule has 11 heteroatoms. The van der Waals surface area contributed by atoms with Gasteiger partial charge < -0.3 is 9.53 Å². The molecule has 3 rings (SSSR count). The SMILES string of the molecule is C/C=C\CC(C)CS(N)(=O)=NC(=O)c1ccc(OC[C@@]2(C=O)CCCc3cc(Cl)ccc32)c([N+](=O)[O-])c1. The summed E-state index contributed by atoms with van der Waals surface area (Å²) in [6.07, 6.45) is 7.23. The Morgan fingerprint density at radius 2 is 2.11 bits per heavy atom. The average Bonchev–Trinajstić information content (AvgIpc) is 2.85. The van der Waals surface area contributed by atoms with Crippen LogP contribution < -0.4 is 9.88 Å². The number of nitrogens with two attached hydrogens (primary N) is 1. The number of nitro benzene ring substituents is 1. The molecule has 2 unspecified atom stereocenters. The molecular weight excluding hydrogens is 518 g/mol. The first-order valence-electron chi connectivity index (χ1n) is 11.8. The second-order valence-electron chi connectivity index (χ2n) is 9.32. The highest BCUT2D eigenvalue weighted by molar-refractivity contribution is 7.91. The number of nitro groups is 1. The van der Waals surface area contributed by atoms with Crippen molar-refractivity contribution in [2.75, 3.05) is 12.4 Å².